The van der Waals surface area contributed by atoms with Crippen LogP contribution in [-0.2, 0) is 33.9 Å². The van der Waals surface area contributed by atoms with Crippen LogP contribution >= 0.6 is 0 Å². The van der Waals surface area contributed by atoms with Crippen molar-refractivity contribution in [2.45, 2.75) is 58.7 Å². The monoisotopic (exact) mass is 725 g/mol. The molecule has 14 nitrogen and oxygen atoms in total. The van der Waals surface area contributed by atoms with Crippen LogP contribution in [0.5, 0.6) is 0 Å². The van der Waals surface area contributed by atoms with E-state index in [0.717, 1.165) is 57.8 Å². The van der Waals surface area contributed by atoms with Gasteiger partial charge in [0.25, 0.3) is 11.8 Å². The van der Waals surface area contributed by atoms with Crippen LogP contribution in [0, 0.1) is 0 Å². The number of fused-ring (bicyclic) bond motifs is 2. The Morgan fingerprint density at radius 1 is 0.963 bits per heavy atom. The summed E-state index contributed by atoms with van der Waals surface area (Å²) in [6.45, 7) is 5.97. The molecule has 4 aromatic heterocycles. The number of piperidine rings is 1. The predicted molar refractivity (Wildman–Crippen MR) is 201 cm³/mol. The first-order valence-corrected chi connectivity index (χ1v) is 17.9. The van der Waals surface area contributed by atoms with Gasteiger partial charge in [-0.1, -0.05) is 37.3 Å². The summed E-state index contributed by atoms with van der Waals surface area (Å²) in [6.07, 6.45) is 8.77. The molecular formula is C40H39N9O5. The Morgan fingerprint density at radius 2 is 1.81 bits per heavy atom. The third kappa shape index (κ3) is 7.63. The number of aromatic nitrogens is 5. The maximum Gasteiger partial charge on any atom is 0.270 e. The van der Waals surface area contributed by atoms with E-state index in [1.54, 1.807) is 43.5 Å². The van der Waals surface area contributed by atoms with Crippen molar-refractivity contribution in [1.29, 1.82) is 0 Å². The Hall–Kier alpha value is -6.57. The lowest BCUT2D eigenvalue weighted by Crippen LogP contribution is -2.52. The van der Waals surface area contributed by atoms with E-state index in [1.165, 1.54) is 0 Å². The van der Waals surface area contributed by atoms with Crippen molar-refractivity contribution >= 4 is 46.4 Å². The van der Waals surface area contributed by atoms with Gasteiger partial charge in [-0.2, -0.15) is 0 Å². The quantitative estimate of drug-likeness (QED) is 0.142. The molecule has 0 aliphatic carbocycles. The van der Waals surface area contributed by atoms with Crippen LogP contribution in [0.3, 0.4) is 0 Å². The molecule has 5 amide bonds. The van der Waals surface area contributed by atoms with E-state index >= 15 is 0 Å². The van der Waals surface area contributed by atoms with Gasteiger partial charge >= 0.3 is 0 Å². The minimum absolute atomic E-state index is 0.0534. The lowest BCUT2D eigenvalue weighted by Gasteiger charge is -2.28. The fraction of sp³-hybridized carbons (Fsp3) is 0.275. The zero-order valence-corrected chi connectivity index (χ0v) is 30.0. The van der Waals surface area contributed by atoms with Gasteiger partial charge < -0.3 is 20.1 Å². The third-order valence-corrected chi connectivity index (χ3v) is 9.59. The number of aryl methyl sites for hydroxylation is 1. The third-order valence-electron chi connectivity index (χ3n) is 9.59. The van der Waals surface area contributed by atoms with Crippen molar-refractivity contribution in [2.75, 3.05) is 13.1 Å². The topological polar surface area (TPSA) is 181 Å². The Labute approximate surface area is 311 Å². The Morgan fingerprint density at radius 3 is 2.59 bits per heavy atom. The molecule has 0 bridgehead atoms. The molecule has 2 aliphatic rings. The van der Waals surface area contributed by atoms with E-state index in [2.05, 4.69) is 37.4 Å². The first-order valence-electron chi connectivity index (χ1n) is 17.9. The highest BCUT2D eigenvalue weighted by Crippen LogP contribution is 2.34. The maximum absolute atomic E-state index is 12.8. The normalized spacial score (nSPS) is 15.6. The first kappa shape index (κ1) is 35.8. The lowest BCUT2D eigenvalue weighted by molar-refractivity contribution is -0.134. The molecule has 274 valence electrons. The molecule has 14 heteroatoms. The van der Waals surface area contributed by atoms with Gasteiger partial charge in [-0.15, -0.1) is 0 Å². The molecular weight excluding hydrogens is 686 g/mol. The molecule has 0 spiro atoms. The summed E-state index contributed by atoms with van der Waals surface area (Å²) in [5.74, 6) is -0.637. The highest BCUT2D eigenvalue weighted by molar-refractivity contribution is 6.03. The Bertz CT molecular complexity index is 2310. The number of hydrogen-bond donors (Lipinski definition) is 3. The number of rotatable bonds is 10. The number of nitrogens with one attached hydrogen (secondary N) is 3. The highest BCUT2D eigenvalue weighted by Gasteiger charge is 2.29. The molecule has 3 N–H and O–H groups in total. The summed E-state index contributed by atoms with van der Waals surface area (Å²) >= 11 is 0. The standard InChI is InChI=1S/C40H39N9O5/c1-3-35-46-37(34-23-48(24(2)50)18-19-49(34)35)28-11-6-8-25-20-33(43-22-29(25)28)26-13-14-30(42-21-26)38(52)41-17-5-4-9-27-10-7-12-31(44-27)39(53)45-32-15-16-36(51)47-40(32)54/h4,6-14,20-22,32H,3,5,15-19,23H2,1-2H3,(H,41,52)(H,45,53)(H,47,51,54)/b9-4+. The summed E-state index contributed by atoms with van der Waals surface area (Å²) < 4.78 is 2.24. The van der Waals surface area contributed by atoms with Crippen LogP contribution in [0.1, 0.15) is 71.3 Å². The van der Waals surface area contributed by atoms with Crippen molar-refractivity contribution in [1.82, 2.24) is 45.4 Å². The number of amides is 5. The molecule has 1 unspecified atom stereocenters. The van der Waals surface area contributed by atoms with Gasteiger partial charge in [0.1, 0.15) is 23.3 Å². The van der Waals surface area contributed by atoms with Crippen molar-refractivity contribution in [2.24, 2.45) is 0 Å². The summed E-state index contributed by atoms with van der Waals surface area (Å²) in [6, 6.07) is 15.8. The molecule has 1 fully saturated rings. The average molecular weight is 726 g/mol. The van der Waals surface area contributed by atoms with Crippen LogP contribution in [0.25, 0.3) is 39.4 Å². The number of carbonyl (C=O) groups excluding carboxylic acids is 5. The molecule has 5 aromatic rings. The van der Waals surface area contributed by atoms with Crippen LogP contribution in [0.2, 0.25) is 0 Å². The molecule has 7 rings (SSSR count). The zero-order chi connectivity index (χ0) is 37.8. The van der Waals surface area contributed by atoms with Crippen molar-refractivity contribution in [3.8, 4) is 22.5 Å². The van der Waals surface area contributed by atoms with Crippen LogP contribution in [0.15, 0.2) is 73.1 Å². The SMILES string of the molecule is CCc1nc(-c2cccc3cc(-c4ccc(C(=O)NCC/C=C/c5cccc(C(=O)NC6CCC(=O)NC6=O)n5)nc4)ncc23)c2n1CCN(C(C)=O)C2. The van der Waals surface area contributed by atoms with Crippen LogP contribution in [-0.4, -0.2) is 78.1 Å². The highest BCUT2D eigenvalue weighted by atomic mass is 16.2. The van der Waals surface area contributed by atoms with Crippen molar-refractivity contribution < 1.29 is 24.0 Å². The fourth-order valence-corrected chi connectivity index (χ4v) is 6.71. The second-order valence-electron chi connectivity index (χ2n) is 13.2. The van der Waals surface area contributed by atoms with Crippen LogP contribution < -0.4 is 16.0 Å². The zero-order valence-electron chi connectivity index (χ0n) is 30.0. The van der Waals surface area contributed by atoms with Gasteiger partial charge in [0, 0.05) is 68.3 Å². The minimum atomic E-state index is -0.785. The predicted octanol–water partition coefficient (Wildman–Crippen LogP) is 3.85. The van der Waals surface area contributed by atoms with E-state index in [1.807, 2.05) is 47.5 Å². The van der Waals surface area contributed by atoms with Gasteiger partial charge in [-0.3, -0.25) is 39.3 Å². The lowest BCUT2D eigenvalue weighted by atomic mass is 10.0. The minimum Gasteiger partial charge on any atom is -0.350 e. The molecule has 2 aliphatic heterocycles. The first-order chi connectivity index (χ1) is 26.2. The maximum atomic E-state index is 12.8. The number of nitrogens with zero attached hydrogens (tertiary/aromatic N) is 6. The molecule has 0 radical (unpaired) electrons. The number of imide groups is 1. The molecule has 1 atom stereocenters. The molecule has 6 heterocycles. The van der Waals surface area contributed by atoms with Gasteiger partial charge in [0.05, 0.1) is 29.3 Å². The van der Waals surface area contributed by atoms with Gasteiger partial charge in [-0.05, 0) is 54.6 Å². The summed E-state index contributed by atoms with van der Waals surface area (Å²) in [5, 5.41) is 9.65. The summed E-state index contributed by atoms with van der Waals surface area (Å²) in [7, 11) is 0. The fourth-order valence-electron chi connectivity index (χ4n) is 6.71. The van der Waals surface area contributed by atoms with E-state index in [-0.39, 0.29) is 42.0 Å². The summed E-state index contributed by atoms with van der Waals surface area (Å²) in [4.78, 5) is 81.4. The number of carbonyl (C=O) groups is 5. The molecule has 1 saturated heterocycles. The Balaban J connectivity index is 0.956. The largest absolute Gasteiger partial charge is 0.350 e. The van der Waals surface area contributed by atoms with E-state index in [9.17, 15) is 24.0 Å². The van der Waals surface area contributed by atoms with E-state index < -0.39 is 17.9 Å². The number of imidazole rings is 1. The van der Waals surface area contributed by atoms with Gasteiger partial charge in [0.2, 0.25) is 17.7 Å². The van der Waals surface area contributed by atoms with E-state index in [4.69, 9.17) is 9.97 Å². The average Bonchev–Trinajstić information content (AvgIpc) is 3.56. The molecule has 54 heavy (non-hydrogen) atoms. The number of hydrogen-bond acceptors (Lipinski definition) is 9. The Kier molecular flexibility index (Phi) is 10.3. The smallest absolute Gasteiger partial charge is 0.270 e. The van der Waals surface area contributed by atoms with Gasteiger partial charge in [-0.25, -0.2) is 9.97 Å². The van der Waals surface area contributed by atoms with Gasteiger partial charge in [0.15, 0.2) is 0 Å². The van der Waals surface area contributed by atoms with Crippen molar-refractivity contribution in [3.05, 3.63) is 102 Å². The second-order valence-corrected chi connectivity index (χ2v) is 13.2. The number of pyridine rings is 3. The number of benzene rings is 1. The van der Waals surface area contributed by atoms with Crippen LogP contribution in [0.4, 0.5) is 0 Å². The summed E-state index contributed by atoms with van der Waals surface area (Å²) in [5.41, 5.74) is 5.35. The second kappa shape index (κ2) is 15.6. The van der Waals surface area contributed by atoms with E-state index in [0.29, 0.717) is 31.7 Å². The molecule has 1 aromatic carbocycles. The van der Waals surface area contributed by atoms with Crippen molar-refractivity contribution in [3.63, 3.8) is 0 Å². The molecule has 0 saturated carbocycles.